The standard InChI is InChI=1S/C22H29N3O2/c1-4-27-22(26)25-12-9-20(10-13-25)24-21(19-6-5-11-23-15-19)18-8-7-16(2)17(3)14-18/h5-8,11,14-15,20-21,24H,4,9-10,12-13H2,1-3H3. The number of amides is 1. The maximum atomic E-state index is 11.9. The number of nitrogens with zero attached hydrogens (tertiary/aromatic N) is 2. The van der Waals surface area contributed by atoms with E-state index in [-0.39, 0.29) is 12.1 Å². The van der Waals surface area contributed by atoms with Crippen molar-refractivity contribution in [1.82, 2.24) is 15.2 Å². The molecule has 1 saturated heterocycles. The fourth-order valence-corrected chi connectivity index (χ4v) is 3.55. The van der Waals surface area contributed by atoms with Crippen molar-refractivity contribution in [2.75, 3.05) is 19.7 Å². The van der Waals surface area contributed by atoms with E-state index in [4.69, 9.17) is 4.74 Å². The third-order valence-electron chi connectivity index (χ3n) is 5.31. The summed E-state index contributed by atoms with van der Waals surface area (Å²) in [6.45, 7) is 8.00. The van der Waals surface area contributed by atoms with Gasteiger partial charge in [-0.2, -0.15) is 0 Å². The Bertz CT molecular complexity index is 755. The van der Waals surface area contributed by atoms with Crippen molar-refractivity contribution < 1.29 is 9.53 Å². The van der Waals surface area contributed by atoms with Gasteiger partial charge in [0.15, 0.2) is 0 Å². The minimum absolute atomic E-state index is 0.0946. The largest absolute Gasteiger partial charge is 0.450 e. The number of carbonyl (C=O) groups is 1. The van der Waals surface area contributed by atoms with Crippen LogP contribution in [0, 0.1) is 13.8 Å². The number of benzene rings is 1. The third-order valence-corrected chi connectivity index (χ3v) is 5.31. The normalized spacial score (nSPS) is 16.2. The van der Waals surface area contributed by atoms with E-state index < -0.39 is 0 Å². The van der Waals surface area contributed by atoms with E-state index >= 15 is 0 Å². The van der Waals surface area contributed by atoms with Crippen molar-refractivity contribution in [3.05, 3.63) is 65.0 Å². The first kappa shape index (κ1) is 19.4. The van der Waals surface area contributed by atoms with E-state index in [1.54, 1.807) is 11.1 Å². The van der Waals surface area contributed by atoms with Crippen LogP contribution in [0.15, 0.2) is 42.7 Å². The van der Waals surface area contributed by atoms with E-state index in [9.17, 15) is 4.79 Å². The van der Waals surface area contributed by atoms with Crippen LogP contribution >= 0.6 is 0 Å². The number of piperidine rings is 1. The molecule has 1 unspecified atom stereocenters. The SMILES string of the molecule is CCOC(=O)N1CCC(NC(c2cccnc2)c2ccc(C)c(C)c2)CC1. The summed E-state index contributed by atoms with van der Waals surface area (Å²) in [5.41, 5.74) is 5.00. The molecule has 2 heterocycles. The fourth-order valence-electron chi connectivity index (χ4n) is 3.55. The summed E-state index contributed by atoms with van der Waals surface area (Å²) in [5.74, 6) is 0. The zero-order chi connectivity index (χ0) is 19.2. The van der Waals surface area contributed by atoms with Crippen molar-refractivity contribution in [1.29, 1.82) is 0 Å². The third kappa shape index (κ3) is 4.86. The minimum Gasteiger partial charge on any atom is -0.450 e. The minimum atomic E-state index is -0.200. The second kappa shape index (κ2) is 9.00. The molecule has 0 saturated carbocycles. The number of aryl methyl sites for hydroxylation is 2. The Morgan fingerprint density at radius 1 is 1.22 bits per heavy atom. The zero-order valence-electron chi connectivity index (χ0n) is 16.4. The summed E-state index contributed by atoms with van der Waals surface area (Å²) < 4.78 is 5.12. The Labute approximate surface area is 161 Å². The van der Waals surface area contributed by atoms with Crippen LogP contribution in [0.1, 0.15) is 48.1 Å². The van der Waals surface area contributed by atoms with E-state index in [1.165, 1.54) is 16.7 Å². The number of nitrogens with one attached hydrogen (secondary N) is 1. The van der Waals surface area contributed by atoms with Gasteiger partial charge in [-0.3, -0.25) is 4.98 Å². The molecule has 144 valence electrons. The van der Waals surface area contributed by atoms with Crippen molar-refractivity contribution in [3.63, 3.8) is 0 Å². The van der Waals surface area contributed by atoms with Gasteiger partial charge in [0.1, 0.15) is 0 Å². The van der Waals surface area contributed by atoms with Crippen LogP contribution < -0.4 is 5.32 Å². The molecule has 1 aliphatic heterocycles. The average molecular weight is 367 g/mol. The molecule has 0 spiro atoms. The van der Waals surface area contributed by atoms with Gasteiger partial charge in [0, 0.05) is 31.5 Å². The second-order valence-electron chi connectivity index (χ2n) is 7.19. The molecule has 1 atom stereocenters. The van der Waals surface area contributed by atoms with Gasteiger partial charge in [0.25, 0.3) is 0 Å². The van der Waals surface area contributed by atoms with Gasteiger partial charge in [0.2, 0.25) is 0 Å². The number of pyridine rings is 1. The molecule has 27 heavy (non-hydrogen) atoms. The van der Waals surface area contributed by atoms with E-state index in [0.29, 0.717) is 12.6 Å². The van der Waals surface area contributed by atoms with Crippen LogP contribution in [0.5, 0.6) is 0 Å². The van der Waals surface area contributed by atoms with E-state index in [1.807, 2.05) is 19.2 Å². The van der Waals surface area contributed by atoms with Crippen LogP contribution in [-0.2, 0) is 4.74 Å². The summed E-state index contributed by atoms with van der Waals surface area (Å²) in [5, 5.41) is 3.81. The number of aromatic nitrogens is 1. The number of likely N-dealkylation sites (tertiary alicyclic amines) is 1. The van der Waals surface area contributed by atoms with Gasteiger partial charge in [-0.05, 0) is 61.9 Å². The smallest absolute Gasteiger partial charge is 0.409 e. The van der Waals surface area contributed by atoms with Gasteiger partial charge in [-0.25, -0.2) is 4.79 Å². The van der Waals surface area contributed by atoms with Crippen molar-refractivity contribution in [3.8, 4) is 0 Å². The molecule has 1 aromatic carbocycles. The average Bonchev–Trinajstić information content (AvgIpc) is 2.70. The quantitative estimate of drug-likeness (QED) is 0.868. The van der Waals surface area contributed by atoms with Crippen LogP contribution in [-0.4, -0.2) is 41.7 Å². The molecule has 1 aliphatic rings. The summed E-state index contributed by atoms with van der Waals surface area (Å²) >= 11 is 0. The molecule has 3 rings (SSSR count). The molecule has 1 aromatic heterocycles. The van der Waals surface area contributed by atoms with Crippen LogP contribution in [0.2, 0.25) is 0 Å². The fraction of sp³-hybridized carbons (Fsp3) is 0.455. The topological polar surface area (TPSA) is 54.5 Å². The Kier molecular flexibility index (Phi) is 6.45. The maximum Gasteiger partial charge on any atom is 0.409 e. The van der Waals surface area contributed by atoms with Gasteiger partial charge >= 0.3 is 6.09 Å². The summed E-state index contributed by atoms with van der Waals surface area (Å²) in [6, 6.07) is 11.2. The molecule has 0 aliphatic carbocycles. The molecular formula is C22H29N3O2. The Morgan fingerprint density at radius 3 is 2.63 bits per heavy atom. The lowest BCUT2D eigenvalue weighted by Crippen LogP contribution is -2.46. The van der Waals surface area contributed by atoms with Crippen LogP contribution in [0.25, 0.3) is 0 Å². The lowest BCUT2D eigenvalue weighted by atomic mass is 9.94. The molecule has 0 radical (unpaired) electrons. The first-order valence-corrected chi connectivity index (χ1v) is 9.73. The highest BCUT2D eigenvalue weighted by molar-refractivity contribution is 5.67. The lowest BCUT2D eigenvalue weighted by molar-refractivity contribution is 0.0945. The lowest BCUT2D eigenvalue weighted by Gasteiger charge is -2.34. The Balaban J connectivity index is 1.73. The zero-order valence-corrected chi connectivity index (χ0v) is 16.4. The molecular weight excluding hydrogens is 338 g/mol. The molecule has 1 fully saturated rings. The highest BCUT2D eigenvalue weighted by atomic mass is 16.6. The number of hydrogen-bond donors (Lipinski definition) is 1. The van der Waals surface area contributed by atoms with Crippen molar-refractivity contribution in [2.45, 2.75) is 45.7 Å². The van der Waals surface area contributed by atoms with Crippen molar-refractivity contribution in [2.24, 2.45) is 0 Å². The van der Waals surface area contributed by atoms with Crippen LogP contribution in [0.3, 0.4) is 0 Å². The van der Waals surface area contributed by atoms with Gasteiger partial charge in [0.05, 0.1) is 12.6 Å². The summed E-state index contributed by atoms with van der Waals surface area (Å²) in [4.78, 5) is 18.0. The van der Waals surface area contributed by atoms with Gasteiger partial charge in [-0.15, -0.1) is 0 Å². The highest BCUT2D eigenvalue weighted by Crippen LogP contribution is 2.26. The molecule has 2 aromatic rings. The van der Waals surface area contributed by atoms with E-state index in [0.717, 1.165) is 31.5 Å². The number of ether oxygens (including phenoxy) is 1. The number of hydrogen-bond acceptors (Lipinski definition) is 4. The molecule has 0 bridgehead atoms. The van der Waals surface area contributed by atoms with E-state index in [2.05, 4.69) is 48.4 Å². The monoisotopic (exact) mass is 367 g/mol. The molecule has 1 N–H and O–H groups in total. The van der Waals surface area contributed by atoms with Crippen molar-refractivity contribution >= 4 is 6.09 Å². The molecule has 1 amide bonds. The Morgan fingerprint density at radius 2 is 2.00 bits per heavy atom. The predicted octanol–water partition coefficient (Wildman–Crippen LogP) is 4.00. The first-order chi connectivity index (χ1) is 13.1. The second-order valence-corrected chi connectivity index (χ2v) is 7.19. The van der Waals surface area contributed by atoms with Gasteiger partial charge < -0.3 is 15.0 Å². The maximum absolute atomic E-state index is 11.9. The number of carbonyl (C=O) groups excluding carboxylic acids is 1. The Hall–Kier alpha value is -2.40. The summed E-state index contributed by atoms with van der Waals surface area (Å²) in [6.07, 6.45) is 5.37. The summed E-state index contributed by atoms with van der Waals surface area (Å²) in [7, 11) is 0. The van der Waals surface area contributed by atoms with Gasteiger partial charge in [-0.1, -0.05) is 24.3 Å². The molecule has 5 nitrogen and oxygen atoms in total. The number of rotatable bonds is 5. The molecule has 5 heteroatoms. The predicted molar refractivity (Wildman–Crippen MR) is 107 cm³/mol. The highest BCUT2D eigenvalue weighted by Gasteiger charge is 2.26. The van der Waals surface area contributed by atoms with Crippen LogP contribution in [0.4, 0.5) is 4.79 Å². The first-order valence-electron chi connectivity index (χ1n) is 9.73.